The predicted molar refractivity (Wildman–Crippen MR) is 76.8 cm³/mol. The molecule has 2 atom stereocenters. The molecule has 0 aliphatic carbocycles. The zero-order valence-electron chi connectivity index (χ0n) is 11.3. The first-order valence-electron chi connectivity index (χ1n) is 7.21. The van der Waals surface area contributed by atoms with Crippen molar-refractivity contribution in [2.75, 3.05) is 31.9 Å². The lowest BCUT2D eigenvalue weighted by Gasteiger charge is -2.45. The number of rotatable bonds is 4. The minimum absolute atomic E-state index is 0.448. The number of benzene rings is 1. The summed E-state index contributed by atoms with van der Waals surface area (Å²) in [5.74, 6) is 0.795. The molecule has 4 nitrogen and oxygen atoms in total. The van der Waals surface area contributed by atoms with Crippen LogP contribution in [0.2, 0.25) is 0 Å². The van der Waals surface area contributed by atoms with Gasteiger partial charge in [0.25, 0.3) is 0 Å². The third-order valence-electron chi connectivity index (χ3n) is 4.55. The van der Waals surface area contributed by atoms with E-state index < -0.39 is 6.10 Å². The predicted octanol–water partition coefficient (Wildman–Crippen LogP) is 0.986. The van der Waals surface area contributed by atoms with Crippen molar-refractivity contribution < 1.29 is 5.11 Å². The molecule has 1 aromatic carbocycles. The Labute approximate surface area is 114 Å². The maximum Gasteiger partial charge on any atom is 0.0914 e. The Morgan fingerprint density at radius 1 is 1.26 bits per heavy atom. The standard InChI is InChI=1S/C15H23N3O/c16-13-3-1-12(2-4-13)15(19)9-17-14-10-18-7-5-11(14)6-8-18/h1-4,11,14-15,17,19H,5-10,16H2. The van der Waals surface area contributed by atoms with Gasteiger partial charge in [-0.25, -0.2) is 0 Å². The number of nitrogens with two attached hydrogens (primary N) is 1. The van der Waals surface area contributed by atoms with Gasteiger partial charge in [-0.1, -0.05) is 12.1 Å². The highest BCUT2D eigenvalue weighted by Crippen LogP contribution is 2.27. The summed E-state index contributed by atoms with van der Waals surface area (Å²) >= 11 is 0. The van der Waals surface area contributed by atoms with Gasteiger partial charge < -0.3 is 21.1 Å². The molecule has 2 unspecified atom stereocenters. The third kappa shape index (κ3) is 2.91. The average molecular weight is 261 g/mol. The van der Waals surface area contributed by atoms with Crippen LogP contribution in [-0.2, 0) is 0 Å². The molecule has 0 saturated carbocycles. The molecule has 3 fully saturated rings. The fraction of sp³-hybridized carbons (Fsp3) is 0.600. The smallest absolute Gasteiger partial charge is 0.0914 e. The number of nitrogen functional groups attached to an aromatic ring is 1. The number of piperidine rings is 3. The summed E-state index contributed by atoms with van der Waals surface area (Å²) < 4.78 is 0. The van der Waals surface area contributed by atoms with Gasteiger partial charge in [0.2, 0.25) is 0 Å². The van der Waals surface area contributed by atoms with Gasteiger partial charge in [0.1, 0.15) is 0 Å². The van der Waals surface area contributed by atoms with Crippen LogP contribution < -0.4 is 11.1 Å². The van der Waals surface area contributed by atoms with Gasteiger partial charge in [-0.3, -0.25) is 0 Å². The highest BCUT2D eigenvalue weighted by Gasteiger charge is 2.33. The van der Waals surface area contributed by atoms with Crippen molar-refractivity contribution in [2.45, 2.75) is 25.0 Å². The van der Waals surface area contributed by atoms with Crippen LogP contribution in [0, 0.1) is 5.92 Å². The molecule has 3 aliphatic rings. The zero-order chi connectivity index (χ0) is 13.2. The van der Waals surface area contributed by atoms with E-state index in [-0.39, 0.29) is 0 Å². The van der Waals surface area contributed by atoms with Crippen LogP contribution in [0.1, 0.15) is 24.5 Å². The van der Waals surface area contributed by atoms with Crippen molar-refractivity contribution in [1.82, 2.24) is 10.2 Å². The van der Waals surface area contributed by atoms with E-state index in [9.17, 15) is 5.11 Å². The summed E-state index contributed by atoms with van der Waals surface area (Å²) in [5, 5.41) is 13.7. The monoisotopic (exact) mass is 261 g/mol. The number of aliphatic hydroxyl groups excluding tert-OH is 1. The number of nitrogens with one attached hydrogen (secondary N) is 1. The van der Waals surface area contributed by atoms with E-state index >= 15 is 0 Å². The fourth-order valence-electron chi connectivity index (χ4n) is 3.30. The Kier molecular flexibility index (Phi) is 3.73. The molecule has 3 saturated heterocycles. The number of aliphatic hydroxyl groups is 1. The van der Waals surface area contributed by atoms with Gasteiger partial charge in [0, 0.05) is 24.8 Å². The van der Waals surface area contributed by atoms with Crippen LogP contribution in [-0.4, -0.2) is 42.2 Å². The van der Waals surface area contributed by atoms with E-state index in [0.717, 1.165) is 23.7 Å². The minimum atomic E-state index is -0.448. The summed E-state index contributed by atoms with van der Waals surface area (Å²) in [7, 11) is 0. The fourth-order valence-corrected chi connectivity index (χ4v) is 3.30. The molecule has 1 aromatic rings. The largest absolute Gasteiger partial charge is 0.399 e. The van der Waals surface area contributed by atoms with Gasteiger partial charge in [-0.2, -0.15) is 0 Å². The Bertz CT molecular complexity index is 412. The number of hydrogen-bond donors (Lipinski definition) is 3. The number of anilines is 1. The summed E-state index contributed by atoms with van der Waals surface area (Å²) in [4.78, 5) is 2.52. The highest BCUT2D eigenvalue weighted by atomic mass is 16.3. The lowest BCUT2D eigenvalue weighted by Crippen LogP contribution is -2.56. The lowest BCUT2D eigenvalue weighted by atomic mass is 9.84. The summed E-state index contributed by atoms with van der Waals surface area (Å²) in [6.07, 6.45) is 2.15. The molecule has 0 spiro atoms. The summed E-state index contributed by atoms with van der Waals surface area (Å²) in [6.45, 7) is 4.27. The summed E-state index contributed by atoms with van der Waals surface area (Å²) in [6, 6.07) is 8.03. The van der Waals surface area contributed by atoms with E-state index in [0.29, 0.717) is 12.6 Å². The minimum Gasteiger partial charge on any atom is -0.399 e. The van der Waals surface area contributed by atoms with Gasteiger partial charge >= 0.3 is 0 Å². The molecular formula is C15H23N3O. The van der Waals surface area contributed by atoms with E-state index in [2.05, 4.69) is 10.2 Å². The van der Waals surface area contributed by atoms with Crippen LogP contribution in [0.4, 0.5) is 5.69 Å². The number of nitrogens with zero attached hydrogens (tertiary/aromatic N) is 1. The second kappa shape index (κ2) is 5.49. The lowest BCUT2D eigenvalue weighted by molar-refractivity contribution is 0.0635. The van der Waals surface area contributed by atoms with Gasteiger partial charge in [-0.05, 0) is 49.5 Å². The van der Waals surface area contributed by atoms with Crippen molar-refractivity contribution in [2.24, 2.45) is 5.92 Å². The van der Waals surface area contributed by atoms with Crippen LogP contribution in [0.5, 0.6) is 0 Å². The van der Waals surface area contributed by atoms with Crippen LogP contribution >= 0.6 is 0 Å². The second-order valence-corrected chi connectivity index (χ2v) is 5.84. The number of fused-ring (bicyclic) bond motifs is 3. The van der Waals surface area contributed by atoms with E-state index in [1.54, 1.807) is 0 Å². The molecular weight excluding hydrogens is 238 g/mol. The Morgan fingerprint density at radius 2 is 1.95 bits per heavy atom. The van der Waals surface area contributed by atoms with Crippen molar-refractivity contribution in [3.63, 3.8) is 0 Å². The number of hydrogen-bond acceptors (Lipinski definition) is 4. The molecule has 0 amide bonds. The molecule has 4 heteroatoms. The van der Waals surface area contributed by atoms with Gasteiger partial charge in [-0.15, -0.1) is 0 Å². The maximum absolute atomic E-state index is 10.2. The molecule has 0 radical (unpaired) electrons. The Hall–Kier alpha value is -1.10. The Morgan fingerprint density at radius 3 is 2.53 bits per heavy atom. The topological polar surface area (TPSA) is 61.5 Å². The molecule has 3 aliphatic heterocycles. The first-order chi connectivity index (χ1) is 9.22. The van der Waals surface area contributed by atoms with Gasteiger partial charge in [0.05, 0.1) is 6.10 Å². The van der Waals surface area contributed by atoms with Crippen LogP contribution in [0.3, 0.4) is 0 Å². The molecule has 0 aromatic heterocycles. The average Bonchev–Trinajstić information content (AvgIpc) is 2.47. The second-order valence-electron chi connectivity index (χ2n) is 5.84. The van der Waals surface area contributed by atoms with Crippen molar-refractivity contribution in [1.29, 1.82) is 0 Å². The van der Waals surface area contributed by atoms with E-state index in [1.807, 2.05) is 24.3 Å². The van der Waals surface area contributed by atoms with E-state index in [4.69, 9.17) is 5.73 Å². The molecule has 104 valence electrons. The highest BCUT2D eigenvalue weighted by molar-refractivity contribution is 5.39. The molecule has 3 heterocycles. The quantitative estimate of drug-likeness (QED) is 0.707. The van der Waals surface area contributed by atoms with Crippen molar-refractivity contribution in [3.8, 4) is 0 Å². The van der Waals surface area contributed by atoms with Crippen LogP contribution in [0.15, 0.2) is 24.3 Å². The van der Waals surface area contributed by atoms with E-state index in [1.165, 1.54) is 25.9 Å². The first-order valence-corrected chi connectivity index (χ1v) is 7.21. The maximum atomic E-state index is 10.2. The van der Waals surface area contributed by atoms with Crippen molar-refractivity contribution in [3.05, 3.63) is 29.8 Å². The Balaban J connectivity index is 1.53. The first kappa shape index (κ1) is 12.9. The zero-order valence-corrected chi connectivity index (χ0v) is 11.3. The summed E-state index contributed by atoms with van der Waals surface area (Å²) in [5.41, 5.74) is 7.33. The SMILES string of the molecule is Nc1ccc(C(O)CNC2CN3CCC2CC3)cc1. The molecule has 4 rings (SSSR count). The third-order valence-corrected chi connectivity index (χ3v) is 4.55. The molecule has 19 heavy (non-hydrogen) atoms. The molecule has 2 bridgehead atoms. The molecule has 4 N–H and O–H groups in total. The van der Waals surface area contributed by atoms with Gasteiger partial charge in [0.15, 0.2) is 0 Å². The normalized spacial score (nSPS) is 31.3. The van der Waals surface area contributed by atoms with Crippen LogP contribution in [0.25, 0.3) is 0 Å². The van der Waals surface area contributed by atoms with Crippen molar-refractivity contribution >= 4 is 5.69 Å².